The Morgan fingerprint density at radius 1 is 0.870 bits per heavy atom. The fraction of sp³-hybridized carbons (Fsp3) is 0.529. The normalized spacial score (nSPS) is 15.5. The molecule has 0 fully saturated rings. The van der Waals surface area contributed by atoms with Crippen molar-refractivity contribution in [3.63, 3.8) is 0 Å². The van der Waals surface area contributed by atoms with Crippen molar-refractivity contribution in [2.24, 2.45) is 26.1 Å². The van der Waals surface area contributed by atoms with Gasteiger partial charge in [-0.3, -0.25) is 14.4 Å². The van der Waals surface area contributed by atoms with Crippen LogP contribution in [0.2, 0.25) is 0 Å². The van der Waals surface area contributed by atoms with E-state index in [9.17, 15) is 19.6 Å². The van der Waals surface area contributed by atoms with Crippen molar-refractivity contribution in [2.75, 3.05) is 17.7 Å². The van der Waals surface area contributed by atoms with Crippen LogP contribution in [0.4, 0.5) is 11.4 Å². The lowest BCUT2D eigenvalue weighted by molar-refractivity contribution is -0.164. The summed E-state index contributed by atoms with van der Waals surface area (Å²) in [5.41, 5.74) is -3.68. The zero-order chi connectivity index (χ0) is 34.7. The van der Waals surface area contributed by atoms with Crippen molar-refractivity contribution in [3.05, 3.63) is 47.5 Å². The third-order valence-electron chi connectivity index (χ3n) is 8.72. The topological polar surface area (TPSA) is 167 Å². The zero-order valence-corrected chi connectivity index (χ0v) is 28.7. The average molecular weight is 632 g/mol. The number of hydrogen-bond acceptors (Lipinski definition) is 10. The number of benzene rings is 2. The number of ketones is 1. The minimum absolute atomic E-state index is 0.0553. The largest absolute Gasteiger partial charge is 0.455 e. The monoisotopic (exact) mass is 631 g/mol. The maximum Gasteiger partial charge on any atom is 0.323 e. The number of hydrogen-bond donors (Lipinski definition) is 2. The SMILES string of the molecule is CCC(C)(C)c1ccc(Oc2cc(NC(=O)C(OC)(C(=O)C(C)(C)C)C3(C#N)N=NN=N3)ccc2NC(C)=O)c(C(C)(C)CC)c1. The van der Waals surface area contributed by atoms with Crippen LogP contribution in [0.1, 0.15) is 93.2 Å². The molecule has 0 saturated carbocycles. The molecule has 12 heteroatoms. The van der Waals surface area contributed by atoms with Gasteiger partial charge in [-0.15, -0.1) is 10.2 Å². The molecular formula is C34H45N7O5. The first-order valence-corrected chi connectivity index (χ1v) is 15.3. The van der Waals surface area contributed by atoms with Gasteiger partial charge in [0.1, 0.15) is 11.8 Å². The molecule has 2 aromatic rings. The molecule has 0 radical (unpaired) electrons. The standard InChI is InChI=1S/C34H45N7O5/c1-12-31(7,8)22-14-17-26(24(18-22)32(9,10)13-2)46-27-19-23(15-16-25(27)36-21(3)42)37-29(44)34(45-11,28(43)30(4,5)6)33(20-35)38-40-41-39-33/h14-19H,12-13H2,1-11H3,(H,36,42)(H,37,44). The first-order valence-electron chi connectivity index (χ1n) is 15.3. The molecular weight excluding hydrogens is 586 g/mol. The zero-order valence-electron chi connectivity index (χ0n) is 28.7. The highest BCUT2D eigenvalue weighted by molar-refractivity contribution is 6.18. The molecule has 3 rings (SSSR count). The van der Waals surface area contributed by atoms with Gasteiger partial charge in [0.05, 0.1) is 5.69 Å². The van der Waals surface area contributed by atoms with Gasteiger partial charge < -0.3 is 20.1 Å². The number of amides is 2. The number of Topliss-reactive ketones (excluding diaryl/α,β-unsaturated/α-hetero) is 1. The van der Waals surface area contributed by atoms with E-state index in [1.54, 1.807) is 26.8 Å². The summed E-state index contributed by atoms with van der Waals surface area (Å²) in [6, 6.07) is 12.6. The first-order chi connectivity index (χ1) is 21.3. The second-order valence-electron chi connectivity index (χ2n) is 13.8. The van der Waals surface area contributed by atoms with E-state index in [4.69, 9.17) is 9.47 Å². The Labute approximate surface area is 271 Å². The number of ether oxygens (including phenoxy) is 2. The first kappa shape index (κ1) is 36.0. The summed E-state index contributed by atoms with van der Waals surface area (Å²) in [6.07, 6.45) is 1.79. The lowest BCUT2D eigenvalue weighted by atomic mass is 9.73. The van der Waals surface area contributed by atoms with Gasteiger partial charge in [0.15, 0.2) is 11.5 Å². The molecule has 0 bridgehead atoms. The molecule has 0 aromatic heterocycles. The summed E-state index contributed by atoms with van der Waals surface area (Å²) in [6.45, 7) is 19.1. The second kappa shape index (κ2) is 13.1. The summed E-state index contributed by atoms with van der Waals surface area (Å²) >= 11 is 0. The van der Waals surface area contributed by atoms with E-state index in [0.717, 1.165) is 25.5 Å². The van der Waals surface area contributed by atoms with Crippen LogP contribution in [0.5, 0.6) is 11.5 Å². The maximum atomic E-state index is 14.1. The van der Waals surface area contributed by atoms with Crippen molar-refractivity contribution >= 4 is 29.0 Å². The molecule has 246 valence electrons. The van der Waals surface area contributed by atoms with E-state index in [1.807, 2.05) is 18.2 Å². The Balaban J connectivity index is 2.17. The third kappa shape index (κ3) is 6.70. The van der Waals surface area contributed by atoms with Gasteiger partial charge in [0, 0.05) is 36.8 Å². The highest BCUT2D eigenvalue weighted by Crippen LogP contribution is 2.44. The number of carbonyl (C=O) groups excluding carboxylic acids is 3. The predicted octanol–water partition coefficient (Wildman–Crippen LogP) is 7.80. The molecule has 2 aromatic carbocycles. The van der Waals surface area contributed by atoms with E-state index < -0.39 is 28.4 Å². The Morgan fingerprint density at radius 3 is 1.98 bits per heavy atom. The van der Waals surface area contributed by atoms with Crippen LogP contribution >= 0.6 is 0 Å². The van der Waals surface area contributed by atoms with E-state index in [-0.39, 0.29) is 28.2 Å². The lowest BCUT2D eigenvalue weighted by Gasteiger charge is -2.38. The van der Waals surface area contributed by atoms with Gasteiger partial charge in [-0.1, -0.05) is 74.4 Å². The number of nitriles is 1. The van der Waals surface area contributed by atoms with E-state index >= 15 is 0 Å². The molecule has 1 unspecified atom stereocenters. The second-order valence-corrected chi connectivity index (χ2v) is 13.8. The van der Waals surface area contributed by atoms with Gasteiger partial charge in [-0.2, -0.15) is 5.26 Å². The van der Waals surface area contributed by atoms with Crippen molar-refractivity contribution in [2.45, 2.75) is 104 Å². The van der Waals surface area contributed by atoms with Gasteiger partial charge in [0.25, 0.3) is 11.5 Å². The summed E-state index contributed by atoms with van der Waals surface area (Å²) in [7, 11) is 1.13. The molecule has 1 aliphatic heterocycles. The molecule has 46 heavy (non-hydrogen) atoms. The number of methoxy groups -OCH3 is 1. The van der Waals surface area contributed by atoms with Gasteiger partial charge in [-0.05, 0) is 57.9 Å². The van der Waals surface area contributed by atoms with Crippen LogP contribution in [0, 0.1) is 16.7 Å². The molecule has 2 amide bonds. The van der Waals surface area contributed by atoms with Crippen LogP contribution in [0.15, 0.2) is 57.1 Å². The smallest absolute Gasteiger partial charge is 0.323 e. The van der Waals surface area contributed by atoms with Crippen LogP contribution < -0.4 is 15.4 Å². The minimum atomic E-state index is -2.54. The minimum Gasteiger partial charge on any atom is -0.455 e. The van der Waals surface area contributed by atoms with Crippen molar-refractivity contribution < 1.29 is 23.9 Å². The molecule has 1 heterocycles. The summed E-state index contributed by atoms with van der Waals surface area (Å²) < 4.78 is 12.1. The van der Waals surface area contributed by atoms with Crippen LogP contribution in [0.3, 0.4) is 0 Å². The highest BCUT2D eigenvalue weighted by atomic mass is 16.5. The van der Waals surface area contributed by atoms with Gasteiger partial charge >= 0.3 is 5.66 Å². The highest BCUT2D eigenvalue weighted by Gasteiger charge is 2.68. The Kier molecular flexibility index (Phi) is 10.2. The van der Waals surface area contributed by atoms with Gasteiger partial charge in [-0.25, -0.2) is 0 Å². The number of anilines is 2. The molecule has 12 nitrogen and oxygen atoms in total. The average Bonchev–Trinajstić information content (AvgIpc) is 3.49. The van der Waals surface area contributed by atoms with Crippen LogP contribution in [-0.2, 0) is 30.0 Å². The molecule has 2 N–H and O–H groups in total. The molecule has 1 aliphatic rings. The van der Waals surface area contributed by atoms with Crippen molar-refractivity contribution in [3.8, 4) is 17.6 Å². The molecule has 1 atom stereocenters. The number of rotatable bonds is 12. The molecule has 0 aliphatic carbocycles. The van der Waals surface area contributed by atoms with E-state index in [2.05, 4.69) is 78.9 Å². The van der Waals surface area contributed by atoms with E-state index in [1.165, 1.54) is 24.6 Å². The summed E-state index contributed by atoms with van der Waals surface area (Å²) in [4.78, 5) is 40.1. The molecule has 0 saturated heterocycles. The number of nitrogens with one attached hydrogen (secondary N) is 2. The van der Waals surface area contributed by atoms with Crippen LogP contribution in [-0.4, -0.2) is 36.0 Å². The van der Waals surface area contributed by atoms with Crippen molar-refractivity contribution in [1.29, 1.82) is 5.26 Å². The quantitative estimate of drug-likeness (QED) is 0.227. The third-order valence-corrected chi connectivity index (χ3v) is 8.72. The Hall–Kier alpha value is -4.50. The Morgan fingerprint density at radius 2 is 1.48 bits per heavy atom. The number of nitrogens with zero attached hydrogens (tertiary/aromatic N) is 5. The van der Waals surface area contributed by atoms with Crippen molar-refractivity contribution in [1.82, 2.24) is 0 Å². The summed E-state index contributed by atoms with van der Waals surface area (Å²) in [5.74, 6) is -1.26. The van der Waals surface area contributed by atoms with Gasteiger partial charge in [0.2, 0.25) is 5.91 Å². The fourth-order valence-electron chi connectivity index (χ4n) is 5.01. The van der Waals surface area contributed by atoms with Crippen LogP contribution in [0.25, 0.3) is 0 Å². The summed E-state index contributed by atoms with van der Waals surface area (Å²) in [5, 5.41) is 30.0. The molecule has 0 spiro atoms. The lowest BCUT2D eigenvalue weighted by Crippen LogP contribution is -2.67. The number of carbonyl (C=O) groups is 3. The maximum absolute atomic E-state index is 14.1. The predicted molar refractivity (Wildman–Crippen MR) is 175 cm³/mol. The van der Waals surface area contributed by atoms with E-state index in [0.29, 0.717) is 11.4 Å². The Bertz CT molecular complexity index is 1600. The fourth-order valence-corrected chi connectivity index (χ4v) is 5.01.